The molecule has 6 rings (SSSR count). The molecule has 0 radical (unpaired) electrons. The standard InChI is InChI=1S/C33H32ClFN2O5/c1-4-7-17-8-6-9-21(28(17)38)27-19-11-12-20-26(31(41)36(14-5-2)29(20)39)22(19)16-23-30(40)37(32(42)33(23,27)3)18-10-13-25(35)24(34)15-18/h4,6,8-11,13,15,20,22-23,26-27,38H,1,5,7,12,14,16H2,2-3H3/t20-,22+,23-,26-,27+,33+/m0/s1. The summed E-state index contributed by atoms with van der Waals surface area (Å²) in [5, 5.41) is 11.3. The van der Waals surface area contributed by atoms with Gasteiger partial charge in [-0.15, -0.1) is 6.58 Å². The van der Waals surface area contributed by atoms with E-state index in [0.717, 1.165) is 16.5 Å². The lowest BCUT2D eigenvalue weighted by Gasteiger charge is -2.49. The summed E-state index contributed by atoms with van der Waals surface area (Å²) >= 11 is 6.05. The molecule has 1 saturated carbocycles. The lowest BCUT2D eigenvalue weighted by molar-refractivity contribution is -0.140. The van der Waals surface area contributed by atoms with Crippen molar-refractivity contribution in [3.8, 4) is 5.75 Å². The zero-order valence-corrected chi connectivity index (χ0v) is 24.2. The van der Waals surface area contributed by atoms with E-state index in [1.165, 1.54) is 17.0 Å². The smallest absolute Gasteiger partial charge is 0.241 e. The summed E-state index contributed by atoms with van der Waals surface area (Å²) in [7, 11) is 0. The van der Waals surface area contributed by atoms with Gasteiger partial charge in [0.05, 0.1) is 33.9 Å². The Morgan fingerprint density at radius 2 is 1.88 bits per heavy atom. The molecule has 2 saturated heterocycles. The highest BCUT2D eigenvalue weighted by Crippen LogP contribution is 2.64. The van der Waals surface area contributed by atoms with Gasteiger partial charge in [0.1, 0.15) is 11.6 Å². The quantitative estimate of drug-likeness (QED) is 0.351. The molecule has 1 N–H and O–H groups in total. The molecule has 7 nitrogen and oxygen atoms in total. The summed E-state index contributed by atoms with van der Waals surface area (Å²) in [6.45, 7) is 7.76. The maximum atomic E-state index is 14.4. The van der Waals surface area contributed by atoms with Gasteiger partial charge in [-0.2, -0.15) is 0 Å². The molecular weight excluding hydrogens is 559 g/mol. The number of phenols is 1. The van der Waals surface area contributed by atoms with Crippen molar-refractivity contribution in [3.63, 3.8) is 0 Å². The zero-order valence-electron chi connectivity index (χ0n) is 23.5. The van der Waals surface area contributed by atoms with Crippen LogP contribution in [0.15, 0.2) is 60.7 Å². The van der Waals surface area contributed by atoms with E-state index >= 15 is 0 Å². The number of halogens is 2. The number of benzene rings is 2. The minimum atomic E-state index is -1.33. The first kappa shape index (κ1) is 28.3. The molecule has 2 heterocycles. The van der Waals surface area contributed by atoms with Crippen LogP contribution in [0.5, 0.6) is 5.75 Å². The van der Waals surface area contributed by atoms with Gasteiger partial charge in [0.2, 0.25) is 23.6 Å². The molecule has 2 aliphatic carbocycles. The number of amides is 4. The fraction of sp³-hybridized carbons (Fsp3) is 0.394. The third-order valence-electron chi connectivity index (χ3n) is 9.80. The first-order valence-corrected chi connectivity index (χ1v) is 14.7. The number of allylic oxidation sites excluding steroid dienone is 3. The van der Waals surface area contributed by atoms with Crippen molar-refractivity contribution in [2.24, 2.45) is 29.1 Å². The molecule has 0 unspecified atom stereocenters. The SMILES string of the molecule is C=CCc1cccc([C@H]2C3=CC[C@@H]4C(=O)N(CCC)C(=O)[C@@H]4[C@@H]3C[C@H]3C(=O)N(c4ccc(F)c(Cl)c4)C(=O)[C@@]23C)c1O. The van der Waals surface area contributed by atoms with Gasteiger partial charge in [-0.3, -0.25) is 24.1 Å². The Bertz CT molecular complexity index is 1590. The molecular formula is C33H32ClFN2O5. The van der Waals surface area contributed by atoms with E-state index in [0.29, 0.717) is 36.9 Å². The molecule has 4 aliphatic rings. The summed E-state index contributed by atoms with van der Waals surface area (Å²) in [5.74, 6) is -5.30. The monoisotopic (exact) mass is 590 g/mol. The second-order valence-electron chi connectivity index (χ2n) is 11.9. The Balaban J connectivity index is 1.54. The van der Waals surface area contributed by atoms with E-state index in [2.05, 4.69) is 6.58 Å². The number of para-hydroxylation sites is 1. The Morgan fingerprint density at radius 1 is 1.12 bits per heavy atom. The van der Waals surface area contributed by atoms with Crippen LogP contribution >= 0.6 is 11.6 Å². The van der Waals surface area contributed by atoms with Gasteiger partial charge in [0.15, 0.2) is 0 Å². The fourth-order valence-electron chi connectivity index (χ4n) is 7.90. The number of carbonyl (C=O) groups excluding carboxylic acids is 4. The van der Waals surface area contributed by atoms with Crippen LogP contribution in [-0.4, -0.2) is 40.2 Å². The van der Waals surface area contributed by atoms with Gasteiger partial charge in [0, 0.05) is 18.0 Å². The average molecular weight is 591 g/mol. The van der Waals surface area contributed by atoms with Crippen molar-refractivity contribution in [2.75, 3.05) is 11.4 Å². The highest BCUT2D eigenvalue weighted by atomic mass is 35.5. The van der Waals surface area contributed by atoms with Crippen LogP contribution in [0.25, 0.3) is 0 Å². The lowest BCUT2D eigenvalue weighted by Crippen LogP contribution is -2.49. The first-order chi connectivity index (χ1) is 20.1. The minimum absolute atomic E-state index is 0.0102. The number of anilines is 1. The Labute approximate surface area is 248 Å². The van der Waals surface area contributed by atoms with E-state index < -0.39 is 52.6 Å². The number of hydrogen-bond acceptors (Lipinski definition) is 5. The predicted molar refractivity (Wildman–Crippen MR) is 155 cm³/mol. The predicted octanol–water partition coefficient (Wildman–Crippen LogP) is 5.55. The van der Waals surface area contributed by atoms with Gasteiger partial charge in [-0.1, -0.05) is 54.4 Å². The molecule has 0 bridgehead atoms. The number of imide groups is 2. The molecule has 0 aromatic heterocycles. The van der Waals surface area contributed by atoms with Crippen LogP contribution in [0, 0.1) is 34.9 Å². The summed E-state index contributed by atoms with van der Waals surface area (Å²) in [6.07, 6.45) is 5.19. The number of aromatic hydroxyl groups is 1. The average Bonchev–Trinajstić information content (AvgIpc) is 3.32. The van der Waals surface area contributed by atoms with Crippen molar-refractivity contribution >= 4 is 40.9 Å². The number of hydrogen-bond donors (Lipinski definition) is 1. The third kappa shape index (κ3) is 3.84. The van der Waals surface area contributed by atoms with Gasteiger partial charge >= 0.3 is 0 Å². The van der Waals surface area contributed by atoms with Gasteiger partial charge in [-0.25, -0.2) is 9.29 Å². The molecule has 218 valence electrons. The molecule has 2 aromatic carbocycles. The summed E-state index contributed by atoms with van der Waals surface area (Å²) in [5.41, 5.74) is 0.733. The molecule has 3 fully saturated rings. The Morgan fingerprint density at radius 3 is 2.57 bits per heavy atom. The lowest BCUT2D eigenvalue weighted by atomic mass is 9.51. The van der Waals surface area contributed by atoms with E-state index in [9.17, 15) is 28.7 Å². The summed E-state index contributed by atoms with van der Waals surface area (Å²) in [6, 6.07) is 9.05. The van der Waals surface area contributed by atoms with Crippen molar-refractivity contribution in [1.29, 1.82) is 0 Å². The van der Waals surface area contributed by atoms with Crippen molar-refractivity contribution < 1.29 is 28.7 Å². The normalized spacial score (nSPS) is 30.3. The molecule has 6 atom stereocenters. The van der Waals surface area contributed by atoms with Crippen LogP contribution in [0.4, 0.5) is 10.1 Å². The highest BCUT2D eigenvalue weighted by molar-refractivity contribution is 6.31. The molecule has 42 heavy (non-hydrogen) atoms. The maximum absolute atomic E-state index is 14.4. The largest absolute Gasteiger partial charge is 0.507 e. The molecule has 2 aliphatic heterocycles. The number of likely N-dealkylation sites (tertiary alicyclic amines) is 1. The second-order valence-corrected chi connectivity index (χ2v) is 12.3. The third-order valence-corrected chi connectivity index (χ3v) is 10.1. The maximum Gasteiger partial charge on any atom is 0.241 e. The van der Waals surface area contributed by atoms with Gasteiger partial charge < -0.3 is 5.11 Å². The number of carbonyl (C=O) groups is 4. The molecule has 4 amide bonds. The van der Waals surface area contributed by atoms with Crippen LogP contribution in [0.1, 0.15) is 50.2 Å². The van der Waals surface area contributed by atoms with Crippen LogP contribution in [0.3, 0.4) is 0 Å². The van der Waals surface area contributed by atoms with Gasteiger partial charge in [-0.05, 0) is 62.3 Å². The summed E-state index contributed by atoms with van der Waals surface area (Å²) < 4.78 is 14.0. The van der Waals surface area contributed by atoms with Crippen molar-refractivity contribution in [1.82, 2.24) is 4.90 Å². The van der Waals surface area contributed by atoms with Crippen molar-refractivity contribution in [2.45, 2.75) is 45.4 Å². The van der Waals surface area contributed by atoms with Crippen LogP contribution in [0.2, 0.25) is 5.02 Å². The molecule has 0 spiro atoms. The van der Waals surface area contributed by atoms with Gasteiger partial charge in [0.25, 0.3) is 0 Å². The topological polar surface area (TPSA) is 95.0 Å². The number of phenolic OH excluding ortho intramolecular Hbond substituents is 1. The zero-order chi connectivity index (χ0) is 30.1. The second kappa shape index (κ2) is 10.2. The fourth-order valence-corrected chi connectivity index (χ4v) is 8.08. The van der Waals surface area contributed by atoms with E-state index in [4.69, 9.17) is 11.6 Å². The summed E-state index contributed by atoms with van der Waals surface area (Å²) in [4.78, 5) is 58.0. The van der Waals surface area contributed by atoms with Crippen molar-refractivity contribution in [3.05, 3.63) is 82.7 Å². The number of nitrogens with zero attached hydrogens (tertiary/aromatic N) is 2. The molecule has 2 aromatic rings. The van der Waals surface area contributed by atoms with E-state index in [1.807, 2.05) is 13.0 Å². The number of rotatable bonds is 6. The highest BCUT2D eigenvalue weighted by Gasteiger charge is 2.67. The van der Waals surface area contributed by atoms with Crippen LogP contribution in [-0.2, 0) is 25.6 Å². The number of fused-ring (bicyclic) bond motifs is 4. The first-order valence-electron chi connectivity index (χ1n) is 14.4. The van der Waals surface area contributed by atoms with E-state index in [-0.39, 0.29) is 34.7 Å². The Kier molecular flexibility index (Phi) is 6.88. The molecule has 9 heteroatoms. The van der Waals surface area contributed by atoms with Crippen LogP contribution < -0.4 is 4.90 Å². The minimum Gasteiger partial charge on any atom is -0.507 e. The Hall–Kier alpha value is -3.78. The van der Waals surface area contributed by atoms with E-state index in [1.54, 1.807) is 31.2 Å².